The summed E-state index contributed by atoms with van der Waals surface area (Å²) in [5, 5.41) is 6.87. The van der Waals surface area contributed by atoms with Crippen molar-refractivity contribution < 1.29 is 23.5 Å². The number of carbonyl (C=O) groups excluding carboxylic acids is 2. The summed E-state index contributed by atoms with van der Waals surface area (Å²) in [6.07, 6.45) is 0.709. The quantitative estimate of drug-likeness (QED) is 0.446. The summed E-state index contributed by atoms with van der Waals surface area (Å²) in [5.41, 5.74) is 4.14. The van der Waals surface area contributed by atoms with Crippen LogP contribution in [0.5, 0.6) is 0 Å². The maximum absolute atomic E-state index is 12.0. The van der Waals surface area contributed by atoms with Crippen molar-refractivity contribution in [1.82, 2.24) is 14.9 Å². The molecular formula is C19H20N4O5S. The van der Waals surface area contributed by atoms with Crippen LogP contribution in [0.2, 0.25) is 0 Å². The highest BCUT2D eigenvalue weighted by atomic mass is 32.1. The van der Waals surface area contributed by atoms with Gasteiger partial charge in [0, 0.05) is 12.0 Å². The van der Waals surface area contributed by atoms with Crippen LogP contribution < -0.4 is 5.43 Å². The highest BCUT2D eigenvalue weighted by Gasteiger charge is 2.16. The van der Waals surface area contributed by atoms with Crippen LogP contribution in [0.4, 0.5) is 0 Å². The number of nitrogens with zero attached hydrogens (tertiary/aromatic N) is 2. The Labute approximate surface area is 171 Å². The van der Waals surface area contributed by atoms with Crippen molar-refractivity contribution in [3.05, 3.63) is 57.8 Å². The molecule has 10 heteroatoms. The Morgan fingerprint density at radius 2 is 1.83 bits per heavy atom. The molecule has 1 aromatic carbocycles. The summed E-state index contributed by atoms with van der Waals surface area (Å²) in [6, 6.07) is 8.15. The zero-order valence-corrected chi connectivity index (χ0v) is 17.0. The summed E-state index contributed by atoms with van der Waals surface area (Å²) in [4.78, 5) is 23.9. The largest absolute Gasteiger partial charge is 0.465 e. The summed E-state index contributed by atoms with van der Waals surface area (Å²) in [7, 11) is 2.55. The molecule has 0 fully saturated rings. The predicted octanol–water partition coefficient (Wildman–Crippen LogP) is 3.08. The summed E-state index contributed by atoms with van der Waals surface area (Å²) < 4.78 is 17.5. The van der Waals surface area contributed by atoms with Crippen LogP contribution in [-0.2, 0) is 22.4 Å². The van der Waals surface area contributed by atoms with Gasteiger partial charge < -0.3 is 19.3 Å². The fourth-order valence-corrected chi connectivity index (χ4v) is 2.97. The number of aromatic amines is 1. The lowest BCUT2D eigenvalue weighted by molar-refractivity contribution is 0.0599. The fourth-order valence-electron chi connectivity index (χ4n) is 2.76. The summed E-state index contributed by atoms with van der Waals surface area (Å²) in [5.74, 6) is 0.770. The SMILES string of the molecule is CCc1n[nH]c(=S)n1NCc1ccc(-c2cc(C(=O)OC)cc(C(=O)OC)c2)o1. The molecule has 0 saturated heterocycles. The first kappa shape index (κ1) is 20.3. The lowest BCUT2D eigenvalue weighted by Crippen LogP contribution is -2.16. The molecule has 2 aromatic heterocycles. The lowest BCUT2D eigenvalue weighted by atomic mass is 10.0. The highest BCUT2D eigenvalue weighted by molar-refractivity contribution is 7.71. The van der Waals surface area contributed by atoms with Crippen LogP contribution in [0.1, 0.15) is 39.2 Å². The number of nitrogens with one attached hydrogen (secondary N) is 2. The lowest BCUT2D eigenvalue weighted by Gasteiger charge is -2.08. The van der Waals surface area contributed by atoms with Gasteiger partial charge in [-0.05, 0) is 42.5 Å². The zero-order valence-electron chi connectivity index (χ0n) is 16.1. The molecule has 2 N–H and O–H groups in total. The van der Waals surface area contributed by atoms with E-state index in [0.29, 0.717) is 34.8 Å². The van der Waals surface area contributed by atoms with E-state index in [9.17, 15) is 9.59 Å². The molecule has 0 saturated carbocycles. The Hall–Kier alpha value is -3.40. The summed E-state index contributed by atoms with van der Waals surface area (Å²) in [6.45, 7) is 2.34. The number of rotatable bonds is 7. The Bertz CT molecular complexity index is 1060. The normalized spacial score (nSPS) is 10.6. The van der Waals surface area contributed by atoms with Gasteiger partial charge in [0.15, 0.2) is 5.82 Å². The molecule has 3 rings (SSSR count). The number of methoxy groups -OCH3 is 2. The van der Waals surface area contributed by atoms with Crippen LogP contribution in [-0.4, -0.2) is 41.0 Å². The monoisotopic (exact) mass is 416 g/mol. The average Bonchev–Trinajstić information content (AvgIpc) is 3.36. The molecule has 3 aromatic rings. The van der Waals surface area contributed by atoms with Crippen molar-refractivity contribution >= 4 is 24.2 Å². The van der Waals surface area contributed by atoms with Crippen molar-refractivity contribution in [3.8, 4) is 11.3 Å². The summed E-state index contributed by atoms with van der Waals surface area (Å²) >= 11 is 5.20. The minimum absolute atomic E-state index is 0.221. The second kappa shape index (κ2) is 8.74. The van der Waals surface area contributed by atoms with Crippen LogP contribution in [0.15, 0.2) is 34.7 Å². The molecule has 0 unspecified atom stereocenters. The first-order chi connectivity index (χ1) is 14.0. The number of aryl methyl sites for hydroxylation is 1. The van der Waals surface area contributed by atoms with Gasteiger partial charge in [-0.3, -0.25) is 5.10 Å². The molecular weight excluding hydrogens is 396 g/mol. The van der Waals surface area contributed by atoms with Gasteiger partial charge in [-0.1, -0.05) is 6.92 Å². The number of aromatic nitrogens is 3. The smallest absolute Gasteiger partial charge is 0.337 e. The minimum Gasteiger partial charge on any atom is -0.465 e. The Morgan fingerprint density at radius 3 is 2.41 bits per heavy atom. The van der Waals surface area contributed by atoms with E-state index in [1.54, 1.807) is 28.9 Å². The van der Waals surface area contributed by atoms with Crippen LogP contribution in [0, 0.1) is 4.77 Å². The third-order valence-corrected chi connectivity index (χ3v) is 4.46. The number of hydrogen-bond acceptors (Lipinski definition) is 8. The second-order valence-corrected chi connectivity index (χ2v) is 6.40. The van der Waals surface area contributed by atoms with Crippen LogP contribution in [0.3, 0.4) is 0 Å². The number of ether oxygens (including phenoxy) is 2. The molecule has 2 heterocycles. The van der Waals surface area contributed by atoms with E-state index in [2.05, 4.69) is 15.6 Å². The van der Waals surface area contributed by atoms with Crippen LogP contribution in [0.25, 0.3) is 11.3 Å². The number of H-pyrrole nitrogens is 1. The Balaban J connectivity index is 1.87. The average molecular weight is 416 g/mol. The van der Waals surface area contributed by atoms with E-state index in [-0.39, 0.29) is 11.1 Å². The first-order valence-electron chi connectivity index (χ1n) is 8.77. The minimum atomic E-state index is -0.563. The highest BCUT2D eigenvalue weighted by Crippen LogP contribution is 2.26. The fraction of sp³-hybridized carbons (Fsp3) is 0.263. The molecule has 0 spiro atoms. The zero-order chi connectivity index (χ0) is 21.0. The van der Waals surface area contributed by atoms with E-state index in [0.717, 1.165) is 5.82 Å². The van der Waals surface area contributed by atoms with E-state index >= 15 is 0 Å². The van der Waals surface area contributed by atoms with Gasteiger partial charge in [-0.25, -0.2) is 14.3 Å². The van der Waals surface area contributed by atoms with E-state index < -0.39 is 11.9 Å². The van der Waals surface area contributed by atoms with Crippen molar-refractivity contribution in [2.24, 2.45) is 0 Å². The van der Waals surface area contributed by atoms with E-state index in [4.69, 9.17) is 26.1 Å². The number of benzene rings is 1. The molecule has 29 heavy (non-hydrogen) atoms. The maximum atomic E-state index is 12.0. The van der Waals surface area contributed by atoms with Gasteiger partial charge >= 0.3 is 11.9 Å². The van der Waals surface area contributed by atoms with Crippen molar-refractivity contribution in [2.45, 2.75) is 19.9 Å². The predicted molar refractivity (Wildman–Crippen MR) is 107 cm³/mol. The third-order valence-electron chi connectivity index (χ3n) is 4.19. The first-order valence-corrected chi connectivity index (χ1v) is 9.18. The second-order valence-electron chi connectivity index (χ2n) is 6.02. The molecule has 9 nitrogen and oxygen atoms in total. The Morgan fingerprint density at radius 1 is 1.17 bits per heavy atom. The van der Waals surface area contributed by atoms with Gasteiger partial charge in [0.25, 0.3) is 0 Å². The number of carbonyl (C=O) groups is 2. The standard InChI is InChI=1S/C19H20N4O5S/c1-4-16-21-22-19(29)23(16)20-10-14-5-6-15(28-14)11-7-12(17(24)26-2)9-13(8-11)18(25)27-3/h5-9,20H,4,10H2,1-3H3,(H,22,29). The van der Waals surface area contributed by atoms with Crippen molar-refractivity contribution in [3.63, 3.8) is 0 Å². The van der Waals surface area contributed by atoms with Gasteiger partial charge in [0.2, 0.25) is 4.77 Å². The maximum Gasteiger partial charge on any atom is 0.337 e. The molecule has 0 atom stereocenters. The molecule has 0 bridgehead atoms. The molecule has 0 amide bonds. The van der Waals surface area contributed by atoms with Gasteiger partial charge in [0.1, 0.15) is 11.5 Å². The number of furan rings is 1. The topological polar surface area (TPSA) is 111 Å². The third kappa shape index (κ3) is 4.37. The van der Waals surface area contributed by atoms with Crippen LogP contribution >= 0.6 is 12.2 Å². The molecule has 0 aliphatic heterocycles. The van der Waals surface area contributed by atoms with Gasteiger partial charge in [0.05, 0.1) is 31.9 Å². The number of esters is 2. The van der Waals surface area contributed by atoms with Gasteiger partial charge in [-0.2, -0.15) is 5.10 Å². The molecule has 0 aliphatic carbocycles. The molecule has 0 aliphatic rings. The van der Waals surface area contributed by atoms with Gasteiger partial charge in [-0.15, -0.1) is 0 Å². The van der Waals surface area contributed by atoms with E-state index in [1.807, 2.05) is 6.92 Å². The number of hydrogen-bond donors (Lipinski definition) is 2. The van der Waals surface area contributed by atoms with E-state index in [1.165, 1.54) is 20.3 Å². The Kier molecular flexibility index (Phi) is 6.13. The molecule has 0 radical (unpaired) electrons. The van der Waals surface area contributed by atoms with Crippen molar-refractivity contribution in [2.75, 3.05) is 19.6 Å². The van der Waals surface area contributed by atoms with Crippen molar-refractivity contribution in [1.29, 1.82) is 0 Å². The molecule has 152 valence electrons.